The highest BCUT2D eigenvalue weighted by molar-refractivity contribution is 5.85. The zero-order valence-corrected chi connectivity index (χ0v) is 14.1. The Kier molecular flexibility index (Phi) is 3.24. The molecule has 1 saturated heterocycles. The number of likely N-dealkylation sites (tertiary alicyclic amines) is 1. The fourth-order valence-electron chi connectivity index (χ4n) is 3.37. The second-order valence-corrected chi connectivity index (χ2v) is 7.12. The van der Waals surface area contributed by atoms with Crippen molar-refractivity contribution in [3.63, 3.8) is 0 Å². The number of hydrogen-bond acceptors (Lipinski definition) is 6. The van der Waals surface area contributed by atoms with Crippen molar-refractivity contribution in [3.05, 3.63) is 36.0 Å². The molecular formula is C18H19N5O2. The molecule has 0 N–H and O–H groups in total. The van der Waals surface area contributed by atoms with E-state index in [0.717, 1.165) is 43.1 Å². The van der Waals surface area contributed by atoms with E-state index in [1.165, 1.54) is 0 Å². The van der Waals surface area contributed by atoms with Gasteiger partial charge >= 0.3 is 0 Å². The van der Waals surface area contributed by atoms with Gasteiger partial charge in [-0.15, -0.1) is 5.10 Å². The van der Waals surface area contributed by atoms with Gasteiger partial charge in [-0.25, -0.2) is 9.97 Å². The van der Waals surface area contributed by atoms with Crippen LogP contribution in [0.5, 0.6) is 0 Å². The molecule has 0 atom stereocenters. The zero-order chi connectivity index (χ0) is 17.0. The standard InChI is InChI=1S/C18H19N5O2/c1-22-9-12(10-22)17-20-16-8-13(7-14(24)11-4-5-11)19-18(23(16)21-17)15-3-2-6-25-15/h2-3,6,8,11-12H,4-5,7,9-10H2,1H3. The number of furan rings is 1. The van der Waals surface area contributed by atoms with Crippen molar-refractivity contribution in [2.24, 2.45) is 5.92 Å². The number of rotatable bonds is 5. The van der Waals surface area contributed by atoms with E-state index in [9.17, 15) is 4.79 Å². The lowest BCUT2D eigenvalue weighted by molar-refractivity contribution is -0.119. The third kappa shape index (κ3) is 2.64. The van der Waals surface area contributed by atoms with E-state index in [0.29, 0.717) is 23.9 Å². The second kappa shape index (κ2) is 5.49. The Morgan fingerprint density at radius 1 is 1.32 bits per heavy atom. The van der Waals surface area contributed by atoms with Crippen LogP contribution in [0.4, 0.5) is 0 Å². The molecule has 1 saturated carbocycles. The predicted molar refractivity (Wildman–Crippen MR) is 90.2 cm³/mol. The van der Waals surface area contributed by atoms with Crippen LogP contribution < -0.4 is 0 Å². The first-order valence-electron chi connectivity index (χ1n) is 8.69. The van der Waals surface area contributed by atoms with Gasteiger partial charge in [0.25, 0.3) is 0 Å². The maximum Gasteiger partial charge on any atom is 0.199 e. The molecular weight excluding hydrogens is 318 g/mol. The molecule has 2 fully saturated rings. The molecule has 7 nitrogen and oxygen atoms in total. The molecule has 0 radical (unpaired) electrons. The summed E-state index contributed by atoms with van der Waals surface area (Å²) in [6, 6.07) is 5.56. The van der Waals surface area contributed by atoms with Crippen molar-refractivity contribution in [3.8, 4) is 11.6 Å². The molecule has 2 aliphatic rings. The van der Waals surface area contributed by atoms with E-state index >= 15 is 0 Å². The third-order valence-corrected chi connectivity index (χ3v) is 4.95. The molecule has 3 aromatic rings. The van der Waals surface area contributed by atoms with Crippen molar-refractivity contribution in [1.29, 1.82) is 0 Å². The van der Waals surface area contributed by atoms with Crippen molar-refractivity contribution >= 4 is 11.4 Å². The highest BCUT2D eigenvalue weighted by atomic mass is 16.3. The number of aromatic nitrogens is 4. The minimum Gasteiger partial charge on any atom is -0.461 e. The van der Waals surface area contributed by atoms with Gasteiger partial charge in [0.1, 0.15) is 5.78 Å². The SMILES string of the molecule is CN1CC(c2nc3cc(CC(=O)C4CC4)nc(-c4ccco4)n3n2)C1. The number of fused-ring (bicyclic) bond motifs is 1. The quantitative estimate of drug-likeness (QED) is 0.708. The van der Waals surface area contributed by atoms with Gasteiger partial charge in [-0.05, 0) is 32.0 Å². The van der Waals surface area contributed by atoms with Crippen molar-refractivity contribution in [2.45, 2.75) is 25.2 Å². The van der Waals surface area contributed by atoms with E-state index in [-0.39, 0.29) is 11.7 Å². The molecule has 3 aromatic heterocycles. The van der Waals surface area contributed by atoms with Gasteiger partial charge in [-0.2, -0.15) is 4.52 Å². The largest absolute Gasteiger partial charge is 0.461 e. The monoisotopic (exact) mass is 337 g/mol. The minimum absolute atomic E-state index is 0.226. The number of nitrogens with zero attached hydrogens (tertiary/aromatic N) is 5. The summed E-state index contributed by atoms with van der Waals surface area (Å²) >= 11 is 0. The van der Waals surface area contributed by atoms with Crippen LogP contribution in [-0.4, -0.2) is 50.4 Å². The fourth-order valence-corrected chi connectivity index (χ4v) is 3.37. The van der Waals surface area contributed by atoms with Crippen LogP contribution in [0.15, 0.2) is 28.9 Å². The van der Waals surface area contributed by atoms with E-state index in [2.05, 4.69) is 22.0 Å². The summed E-state index contributed by atoms with van der Waals surface area (Å²) in [6.45, 7) is 1.93. The van der Waals surface area contributed by atoms with E-state index in [1.54, 1.807) is 10.8 Å². The van der Waals surface area contributed by atoms with E-state index < -0.39 is 0 Å². The maximum atomic E-state index is 12.2. The Morgan fingerprint density at radius 3 is 2.84 bits per heavy atom. The zero-order valence-electron chi connectivity index (χ0n) is 14.1. The molecule has 0 aromatic carbocycles. The Balaban J connectivity index is 1.58. The van der Waals surface area contributed by atoms with Crippen LogP contribution in [0.1, 0.15) is 30.3 Å². The van der Waals surface area contributed by atoms with Crippen molar-refractivity contribution < 1.29 is 9.21 Å². The lowest BCUT2D eigenvalue weighted by Crippen LogP contribution is -2.42. The van der Waals surface area contributed by atoms with Crippen LogP contribution in [0.25, 0.3) is 17.2 Å². The molecule has 0 unspecified atom stereocenters. The first-order chi connectivity index (χ1) is 12.2. The molecule has 1 aliphatic heterocycles. The fraction of sp³-hybridized carbons (Fsp3) is 0.444. The third-order valence-electron chi connectivity index (χ3n) is 4.95. The Labute approximate surface area is 144 Å². The summed E-state index contributed by atoms with van der Waals surface area (Å²) in [6.07, 6.45) is 3.99. The van der Waals surface area contributed by atoms with Gasteiger partial charge in [0.2, 0.25) is 0 Å². The van der Waals surface area contributed by atoms with Gasteiger partial charge in [0.05, 0.1) is 12.0 Å². The maximum absolute atomic E-state index is 12.2. The minimum atomic E-state index is 0.226. The van der Waals surface area contributed by atoms with Crippen molar-refractivity contribution in [2.75, 3.05) is 20.1 Å². The van der Waals surface area contributed by atoms with Gasteiger partial charge in [0, 0.05) is 37.4 Å². The van der Waals surface area contributed by atoms with E-state index in [1.807, 2.05) is 18.2 Å². The molecule has 128 valence electrons. The summed E-state index contributed by atoms with van der Waals surface area (Å²) in [4.78, 5) is 23.8. The highest BCUT2D eigenvalue weighted by Gasteiger charge is 2.31. The summed E-state index contributed by atoms with van der Waals surface area (Å²) < 4.78 is 7.26. The second-order valence-electron chi connectivity index (χ2n) is 7.12. The van der Waals surface area contributed by atoms with Crippen LogP contribution in [0, 0.1) is 5.92 Å². The average Bonchev–Trinajstić information content (AvgIpc) is 3.12. The van der Waals surface area contributed by atoms with Crippen LogP contribution in [0.3, 0.4) is 0 Å². The Morgan fingerprint density at radius 2 is 2.16 bits per heavy atom. The molecule has 4 heterocycles. The van der Waals surface area contributed by atoms with Crippen molar-refractivity contribution in [1.82, 2.24) is 24.5 Å². The number of carbonyl (C=O) groups is 1. The number of Topliss-reactive ketones (excluding diaryl/α,β-unsaturated/α-hetero) is 1. The topological polar surface area (TPSA) is 76.5 Å². The summed E-state index contributed by atoms with van der Waals surface area (Å²) in [5.41, 5.74) is 1.46. The molecule has 5 rings (SSSR count). The lowest BCUT2D eigenvalue weighted by Gasteiger charge is -2.33. The first kappa shape index (κ1) is 14.8. The highest BCUT2D eigenvalue weighted by Crippen LogP contribution is 2.31. The van der Waals surface area contributed by atoms with E-state index in [4.69, 9.17) is 9.40 Å². The van der Waals surface area contributed by atoms with Gasteiger partial charge in [0.15, 0.2) is 23.1 Å². The molecule has 0 bridgehead atoms. The molecule has 0 spiro atoms. The summed E-state index contributed by atoms with van der Waals surface area (Å²) in [5, 5.41) is 4.66. The van der Waals surface area contributed by atoms with Crippen LogP contribution >= 0.6 is 0 Å². The van der Waals surface area contributed by atoms with Gasteiger partial charge < -0.3 is 9.32 Å². The van der Waals surface area contributed by atoms with Crippen LogP contribution in [0.2, 0.25) is 0 Å². The average molecular weight is 337 g/mol. The summed E-state index contributed by atoms with van der Waals surface area (Å²) in [7, 11) is 2.09. The predicted octanol–water partition coefficient (Wildman–Crippen LogP) is 1.93. The van der Waals surface area contributed by atoms with Crippen LogP contribution in [-0.2, 0) is 11.2 Å². The first-order valence-corrected chi connectivity index (χ1v) is 8.69. The summed E-state index contributed by atoms with van der Waals surface area (Å²) in [5.74, 6) is 2.91. The smallest absolute Gasteiger partial charge is 0.199 e. The number of carbonyl (C=O) groups excluding carboxylic acids is 1. The van der Waals surface area contributed by atoms with Gasteiger partial charge in [-0.1, -0.05) is 0 Å². The molecule has 1 aliphatic carbocycles. The Bertz CT molecular complexity index is 936. The molecule has 0 amide bonds. The number of likely N-dealkylation sites (N-methyl/N-ethyl adjacent to an activating group) is 1. The lowest BCUT2D eigenvalue weighted by atomic mass is 10.0. The molecule has 7 heteroatoms. The Hall–Kier alpha value is -2.54. The number of ketones is 1. The van der Waals surface area contributed by atoms with Gasteiger partial charge in [-0.3, -0.25) is 4.79 Å². The number of hydrogen-bond donors (Lipinski definition) is 0. The normalized spacial score (nSPS) is 18.6. The molecule has 25 heavy (non-hydrogen) atoms.